The molecule has 0 spiro atoms. The molecule has 0 aliphatic carbocycles. The molecule has 0 amide bonds. The van der Waals surface area contributed by atoms with Gasteiger partial charge in [0.25, 0.3) is 0 Å². The molecule has 0 bridgehead atoms. The van der Waals surface area contributed by atoms with Gasteiger partial charge in [0.2, 0.25) is 0 Å². The Labute approximate surface area is 149 Å². The lowest BCUT2D eigenvalue weighted by Crippen LogP contribution is -1.89. The predicted molar refractivity (Wildman–Crippen MR) is 100 cm³/mol. The third-order valence-electron chi connectivity index (χ3n) is 4.07. The molecule has 124 valence electrons. The smallest absolute Gasteiger partial charge is 0.169 e. The summed E-state index contributed by atoms with van der Waals surface area (Å²) in [6, 6.07) is 17.8. The lowest BCUT2D eigenvalue weighted by molar-refractivity contribution is 0.102. The molecule has 0 saturated carbocycles. The van der Waals surface area contributed by atoms with Gasteiger partial charge >= 0.3 is 0 Å². The molecule has 0 fully saturated rings. The standard InChI is InChI=1S/C20H16N2O2S/c1-13(23)16-8-9-17(25-16)20-19(14-6-4-3-5-7-14)21-18-12-15(24-2)10-11-22(18)20/h3-12H,1-2H3. The zero-order valence-corrected chi connectivity index (χ0v) is 14.7. The summed E-state index contributed by atoms with van der Waals surface area (Å²) in [6.07, 6.45) is 1.95. The summed E-state index contributed by atoms with van der Waals surface area (Å²) in [5, 5.41) is 0. The number of hydrogen-bond donors (Lipinski definition) is 0. The van der Waals surface area contributed by atoms with Crippen molar-refractivity contribution in [2.45, 2.75) is 6.92 Å². The van der Waals surface area contributed by atoms with E-state index in [4.69, 9.17) is 9.72 Å². The Hall–Kier alpha value is -2.92. The molecule has 0 aliphatic rings. The highest BCUT2D eigenvalue weighted by Gasteiger charge is 2.18. The van der Waals surface area contributed by atoms with Crippen molar-refractivity contribution in [3.63, 3.8) is 0 Å². The number of nitrogens with zero attached hydrogens (tertiary/aromatic N) is 2. The van der Waals surface area contributed by atoms with Gasteiger partial charge < -0.3 is 4.74 Å². The van der Waals surface area contributed by atoms with Crippen LogP contribution in [-0.4, -0.2) is 22.3 Å². The largest absolute Gasteiger partial charge is 0.497 e. The van der Waals surface area contributed by atoms with Crippen molar-refractivity contribution < 1.29 is 9.53 Å². The zero-order valence-electron chi connectivity index (χ0n) is 13.9. The van der Waals surface area contributed by atoms with Crippen molar-refractivity contribution in [3.8, 4) is 27.6 Å². The fourth-order valence-corrected chi connectivity index (χ4v) is 3.78. The minimum Gasteiger partial charge on any atom is -0.497 e. The Morgan fingerprint density at radius 2 is 1.92 bits per heavy atom. The average Bonchev–Trinajstić information content (AvgIpc) is 3.26. The quantitative estimate of drug-likeness (QED) is 0.491. The van der Waals surface area contributed by atoms with Crippen molar-refractivity contribution in [2.24, 2.45) is 0 Å². The predicted octanol–water partition coefficient (Wildman–Crippen LogP) is 4.94. The SMILES string of the molecule is COc1ccn2c(-c3ccc(C(C)=O)s3)c(-c3ccccc3)nc2c1. The first kappa shape index (κ1) is 15.6. The van der Waals surface area contributed by atoms with E-state index in [9.17, 15) is 4.79 Å². The maximum Gasteiger partial charge on any atom is 0.169 e. The number of fused-ring (bicyclic) bond motifs is 1. The lowest BCUT2D eigenvalue weighted by atomic mass is 10.1. The fraction of sp³-hybridized carbons (Fsp3) is 0.100. The highest BCUT2D eigenvalue weighted by molar-refractivity contribution is 7.17. The molecule has 0 unspecified atom stereocenters. The first-order valence-electron chi connectivity index (χ1n) is 7.90. The number of thiophene rings is 1. The van der Waals surface area contributed by atoms with E-state index in [2.05, 4.69) is 0 Å². The van der Waals surface area contributed by atoms with Gasteiger partial charge in [-0.15, -0.1) is 11.3 Å². The number of carbonyl (C=O) groups excluding carboxylic acids is 1. The molecule has 4 aromatic rings. The Bertz CT molecular complexity index is 1060. The van der Waals surface area contributed by atoms with E-state index in [-0.39, 0.29) is 5.78 Å². The van der Waals surface area contributed by atoms with Crippen LogP contribution in [0.25, 0.3) is 27.5 Å². The minimum absolute atomic E-state index is 0.0769. The molecule has 0 atom stereocenters. The zero-order chi connectivity index (χ0) is 17.4. The number of methoxy groups -OCH3 is 1. The van der Waals surface area contributed by atoms with Crippen LogP contribution in [0.4, 0.5) is 0 Å². The summed E-state index contributed by atoms with van der Waals surface area (Å²) in [5.41, 5.74) is 3.73. The van der Waals surface area contributed by atoms with Crippen molar-refractivity contribution in [1.29, 1.82) is 0 Å². The van der Waals surface area contributed by atoms with Gasteiger partial charge in [-0.25, -0.2) is 4.98 Å². The molecule has 0 saturated heterocycles. The van der Waals surface area contributed by atoms with Gasteiger partial charge in [0, 0.05) is 17.8 Å². The van der Waals surface area contributed by atoms with Crippen LogP contribution >= 0.6 is 11.3 Å². The Morgan fingerprint density at radius 1 is 1.12 bits per heavy atom. The van der Waals surface area contributed by atoms with Gasteiger partial charge in [0.1, 0.15) is 11.4 Å². The first-order chi connectivity index (χ1) is 12.2. The van der Waals surface area contributed by atoms with Crippen LogP contribution in [0.15, 0.2) is 60.8 Å². The Kier molecular flexibility index (Phi) is 3.86. The summed E-state index contributed by atoms with van der Waals surface area (Å²) in [4.78, 5) is 18.3. The molecule has 3 heterocycles. The number of carbonyl (C=O) groups is 1. The van der Waals surface area contributed by atoms with Crippen LogP contribution in [0.3, 0.4) is 0 Å². The van der Waals surface area contributed by atoms with E-state index >= 15 is 0 Å². The second kappa shape index (κ2) is 6.18. The van der Waals surface area contributed by atoms with Gasteiger partial charge in [-0.2, -0.15) is 0 Å². The highest BCUT2D eigenvalue weighted by Crippen LogP contribution is 2.37. The fourth-order valence-electron chi connectivity index (χ4n) is 2.84. The summed E-state index contributed by atoms with van der Waals surface area (Å²) in [5.74, 6) is 0.840. The molecular weight excluding hydrogens is 332 g/mol. The minimum atomic E-state index is 0.0769. The number of rotatable bonds is 4. The van der Waals surface area contributed by atoms with E-state index < -0.39 is 0 Å². The molecule has 0 radical (unpaired) electrons. The summed E-state index contributed by atoms with van der Waals surface area (Å²) in [7, 11) is 1.65. The third kappa shape index (κ3) is 2.72. The number of benzene rings is 1. The summed E-state index contributed by atoms with van der Waals surface area (Å²) >= 11 is 1.49. The van der Waals surface area contributed by atoms with Gasteiger partial charge in [0.15, 0.2) is 5.78 Å². The van der Waals surface area contributed by atoms with Gasteiger partial charge in [-0.1, -0.05) is 30.3 Å². The van der Waals surface area contributed by atoms with E-state index in [1.165, 1.54) is 11.3 Å². The molecule has 0 aliphatic heterocycles. The van der Waals surface area contributed by atoms with E-state index in [1.807, 2.05) is 65.2 Å². The average molecular weight is 348 g/mol. The molecule has 25 heavy (non-hydrogen) atoms. The number of pyridine rings is 1. The lowest BCUT2D eigenvalue weighted by Gasteiger charge is -2.04. The number of hydrogen-bond acceptors (Lipinski definition) is 4. The molecule has 4 nitrogen and oxygen atoms in total. The van der Waals surface area contributed by atoms with Crippen LogP contribution in [-0.2, 0) is 0 Å². The molecule has 3 aromatic heterocycles. The van der Waals surface area contributed by atoms with Crippen molar-refractivity contribution in [3.05, 3.63) is 65.7 Å². The number of Topliss-reactive ketones (excluding diaryl/α,β-unsaturated/α-hetero) is 1. The van der Waals surface area contributed by atoms with Crippen LogP contribution < -0.4 is 4.74 Å². The second-order valence-corrected chi connectivity index (χ2v) is 6.77. The van der Waals surface area contributed by atoms with Crippen LogP contribution in [0, 0.1) is 0 Å². The molecule has 0 N–H and O–H groups in total. The molecule has 5 heteroatoms. The van der Waals surface area contributed by atoms with Gasteiger partial charge in [-0.3, -0.25) is 9.20 Å². The molecular formula is C20H16N2O2S. The number of ketones is 1. The number of ether oxygens (including phenoxy) is 1. The van der Waals surface area contributed by atoms with Crippen molar-refractivity contribution >= 4 is 22.8 Å². The van der Waals surface area contributed by atoms with Gasteiger partial charge in [0.05, 0.1) is 28.3 Å². The van der Waals surface area contributed by atoms with E-state index in [0.717, 1.165) is 38.1 Å². The number of imidazole rings is 1. The van der Waals surface area contributed by atoms with Crippen molar-refractivity contribution in [2.75, 3.05) is 7.11 Å². The monoisotopic (exact) mass is 348 g/mol. The maximum absolute atomic E-state index is 11.7. The van der Waals surface area contributed by atoms with E-state index in [1.54, 1.807) is 14.0 Å². The normalized spacial score (nSPS) is 11.0. The third-order valence-corrected chi connectivity index (χ3v) is 5.26. The second-order valence-electron chi connectivity index (χ2n) is 5.69. The summed E-state index contributed by atoms with van der Waals surface area (Å²) < 4.78 is 7.37. The first-order valence-corrected chi connectivity index (χ1v) is 8.71. The molecule has 1 aromatic carbocycles. The van der Waals surface area contributed by atoms with Crippen LogP contribution in [0.1, 0.15) is 16.6 Å². The highest BCUT2D eigenvalue weighted by atomic mass is 32.1. The van der Waals surface area contributed by atoms with Crippen LogP contribution in [0.5, 0.6) is 5.75 Å². The summed E-state index contributed by atoms with van der Waals surface area (Å²) in [6.45, 7) is 1.59. The van der Waals surface area contributed by atoms with Crippen LogP contribution in [0.2, 0.25) is 0 Å². The topological polar surface area (TPSA) is 43.6 Å². The van der Waals surface area contributed by atoms with Crippen molar-refractivity contribution in [1.82, 2.24) is 9.38 Å². The maximum atomic E-state index is 11.7. The van der Waals surface area contributed by atoms with E-state index in [0.29, 0.717) is 0 Å². The van der Waals surface area contributed by atoms with Gasteiger partial charge in [-0.05, 0) is 25.1 Å². The number of aromatic nitrogens is 2. The Morgan fingerprint density at radius 3 is 2.60 bits per heavy atom. The molecule has 4 rings (SSSR count). The Balaban J connectivity index is 2.00.